The van der Waals surface area contributed by atoms with Crippen LogP contribution in [-0.4, -0.2) is 56.2 Å². The van der Waals surface area contributed by atoms with Crippen molar-refractivity contribution in [2.75, 3.05) is 6.61 Å². The number of nitrogens with two attached hydrogens (primary N) is 1. The Morgan fingerprint density at radius 2 is 2.03 bits per heavy atom. The predicted octanol–water partition coefficient (Wildman–Crippen LogP) is 2.16. The predicted molar refractivity (Wildman–Crippen MR) is 134 cm³/mol. The van der Waals surface area contributed by atoms with Crippen molar-refractivity contribution in [3.05, 3.63) is 64.1 Å². The lowest BCUT2D eigenvalue weighted by Gasteiger charge is -2.34. The topological polar surface area (TPSA) is 131 Å². The molecule has 2 aromatic carbocycles. The van der Waals surface area contributed by atoms with Gasteiger partial charge in [0.25, 0.3) is 5.91 Å². The summed E-state index contributed by atoms with van der Waals surface area (Å²) in [5.41, 5.74) is 7.22. The molecule has 194 valence electrons. The Morgan fingerprint density at radius 1 is 1.22 bits per heavy atom. The van der Waals surface area contributed by atoms with Crippen molar-refractivity contribution in [3.63, 3.8) is 0 Å². The minimum atomic E-state index is -0.719. The zero-order valence-electron chi connectivity index (χ0n) is 20.0. The van der Waals surface area contributed by atoms with Crippen molar-refractivity contribution >= 4 is 40.2 Å². The maximum atomic E-state index is 14.3. The minimum absolute atomic E-state index is 0.0197. The average Bonchev–Trinajstić information content (AvgIpc) is 3.58. The lowest BCUT2D eigenvalue weighted by atomic mass is 9.97. The van der Waals surface area contributed by atoms with Gasteiger partial charge in [-0.3, -0.25) is 19.1 Å². The van der Waals surface area contributed by atoms with E-state index in [9.17, 15) is 23.9 Å². The number of benzene rings is 2. The number of hydrogen-bond donors (Lipinski definition) is 3. The molecule has 1 aliphatic carbocycles. The van der Waals surface area contributed by atoms with Gasteiger partial charge in [-0.1, -0.05) is 29.8 Å². The molecule has 3 atom stereocenters. The molecule has 2 aliphatic rings. The Balaban J connectivity index is 1.37. The van der Waals surface area contributed by atoms with Crippen LogP contribution in [0.3, 0.4) is 0 Å². The van der Waals surface area contributed by atoms with Gasteiger partial charge in [-0.05, 0) is 55.4 Å². The summed E-state index contributed by atoms with van der Waals surface area (Å²) in [5, 5.41) is 16.8. The molecule has 4 N–H and O–H groups in total. The zero-order valence-corrected chi connectivity index (χ0v) is 20.7. The normalized spacial score (nSPS) is 20.5. The lowest BCUT2D eigenvalue weighted by molar-refractivity contribution is -0.143. The van der Waals surface area contributed by atoms with Gasteiger partial charge in [-0.15, -0.1) is 0 Å². The van der Waals surface area contributed by atoms with Gasteiger partial charge in [0.05, 0.1) is 10.5 Å². The number of likely N-dealkylation sites (tertiary alicyclic amines) is 1. The van der Waals surface area contributed by atoms with E-state index in [0.29, 0.717) is 17.3 Å². The van der Waals surface area contributed by atoms with Crippen LogP contribution in [-0.2, 0) is 29.1 Å². The molecule has 1 aromatic heterocycles. The standard InChI is InChI=1S/C26H27ClFN5O4/c27-19-3-1-2-16(22(19)28)12-30-26(37)24-15-5-6-17(11-15)33(24)21(35)13-32-20-7-4-14(8-9-34)10-18(20)23(31-32)25(29)36/h1-4,7,10,15,17,24,34H,5-6,8-9,11-13H2,(H2,29,36)(H,30,37)/t15-,17+,24-/m0/s1. The second-order valence-corrected chi connectivity index (χ2v) is 10.0. The number of aromatic nitrogens is 2. The molecule has 0 radical (unpaired) electrons. The first kappa shape index (κ1) is 25.2. The van der Waals surface area contributed by atoms with Crippen LogP contribution in [0.15, 0.2) is 36.4 Å². The van der Waals surface area contributed by atoms with Crippen molar-refractivity contribution in [3.8, 4) is 0 Å². The summed E-state index contributed by atoms with van der Waals surface area (Å²) in [5.74, 6) is -1.90. The van der Waals surface area contributed by atoms with E-state index < -0.39 is 17.8 Å². The number of aliphatic hydroxyl groups is 1. The molecule has 2 heterocycles. The Bertz CT molecular complexity index is 1390. The van der Waals surface area contributed by atoms with Crippen molar-refractivity contribution in [2.45, 2.75) is 50.9 Å². The maximum absolute atomic E-state index is 14.3. The van der Waals surface area contributed by atoms with E-state index in [1.54, 1.807) is 35.2 Å². The van der Waals surface area contributed by atoms with Gasteiger partial charge >= 0.3 is 0 Å². The van der Waals surface area contributed by atoms with Gasteiger partial charge in [-0.2, -0.15) is 5.10 Å². The molecule has 3 amide bonds. The van der Waals surface area contributed by atoms with Crippen LogP contribution in [0.1, 0.15) is 40.9 Å². The van der Waals surface area contributed by atoms with Crippen LogP contribution in [0, 0.1) is 11.7 Å². The highest BCUT2D eigenvalue weighted by atomic mass is 35.5. The third-order valence-corrected chi connectivity index (χ3v) is 7.65. The fourth-order valence-electron chi connectivity index (χ4n) is 5.68. The van der Waals surface area contributed by atoms with Gasteiger partial charge < -0.3 is 21.1 Å². The van der Waals surface area contributed by atoms with E-state index in [-0.39, 0.29) is 59.8 Å². The summed E-state index contributed by atoms with van der Waals surface area (Å²) < 4.78 is 15.7. The Labute approximate surface area is 217 Å². The molecule has 1 saturated heterocycles. The molecular weight excluding hydrogens is 501 g/mol. The fourth-order valence-corrected chi connectivity index (χ4v) is 5.87. The fraction of sp³-hybridized carbons (Fsp3) is 0.385. The number of halogens is 2. The van der Waals surface area contributed by atoms with E-state index in [1.165, 1.54) is 10.7 Å². The summed E-state index contributed by atoms with van der Waals surface area (Å²) >= 11 is 5.85. The summed E-state index contributed by atoms with van der Waals surface area (Å²) in [7, 11) is 0. The second kappa shape index (κ2) is 10.1. The zero-order chi connectivity index (χ0) is 26.3. The molecule has 3 aromatic rings. The van der Waals surface area contributed by atoms with Crippen LogP contribution in [0.4, 0.5) is 4.39 Å². The molecule has 9 nitrogen and oxygen atoms in total. The number of carbonyl (C=O) groups is 3. The number of carbonyl (C=O) groups excluding carboxylic acids is 3. The van der Waals surface area contributed by atoms with Crippen LogP contribution in [0.25, 0.3) is 10.9 Å². The third-order valence-electron chi connectivity index (χ3n) is 7.36. The minimum Gasteiger partial charge on any atom is -0.396 e. The van der Waals surface area contributed by atoms with E-state index in [0.717, 1.165) is 24.8 Å². The van der Waals surface area contributed by atoms with Gasteiger partial charge in [0.2, 0.25) is 11.8 Å². The van der Waals surface area contributed by atoms with Gasteiger partial charge in [-0.25, -0.2) is 4.39 Å². The number of fused-ring (bicyclic) bond motifs is 3. The van der Waals surface area contributed by atoms with Gasteiger partial charge in [0, 0.05) is 30.1 Å². The third kappa shape index (κ3) is 4.67. The second-order valence-electron chi connectivity index (χ2n) is 9.60. The lowest BCUT2D eigenvalue weighted by Crippen LogP contribution is -2.53. The Kier molecular flexibility index (Phi) is 6.87. The number of primary amides is 1. The van der Waals surface area contributed by atoms with E-state index in [2.05, 4.69) is 10.4 Å². The van der Waals surface area contributed by atoms with Crippen molar-refractivity contribution < 1.29 is 23.9 Å². The first-order valence-electron chi connectivity index (χ1n) is 12.2. The monoisotopic (exact) mass is 527 g/mol. The highest BCUT2D eigenvalue weighted by Crippen LogP contribution is 2.42. The van der Waals surface area contributed by atoms with Crippen molar-refractivity contribution in [2.24, 2.45) is 11.7 Å². The number of hydrogen-bond acceptors (Lipinski definition) is 5. The number of piperidine rings is 1. The highest BCUT2D eigenvalue weighted by Gasteiger charge is 2.51. The summed E-state index contributed by atoms with van der Waals surface area (Å²) in [4.78, 5) is 40.4. The van der Waals surface area contributed by atoms with Crippen molar-refractivity contribution in [1.82, 2.24) is 20.0 Å². The van der Waals surface area contributed by atoms with E-state index in [1.807, 2.05) is 0 Å². The molecule has 5 rings (SSSR count). The van der Waals surface area contributed by atoms with Crippen LogP contribution in [0.5, 0.6) is 0 Å². The van der Waals surface area contributed by atoms with E-state index >= 15 is 0 Å². The van der Waals surface area contributed by atoms with Crippen molar-refractivity contribution in [1.29, 1.82) is 0 Å². The number of amides is 3. The molecule has 37 heavy (non-hydrogen) atoms. The summed E-state index contributed by atoms with van der Waals surface area (Å²) in [6.45, 7) is -0.253. The summed E-state index contributed by atoms with van der Waals surface area (Å²) in [6.07, 6.45) is 2.78. The number of rotatable bonds is 8. The van der Waals surface area contributed by atoms with Gasteiger partial charge in [0.15, 0.2) is 5.69 Å². The molecular formula is C26H27ClFN5O4. The number of aliphatic hydroxyl groups excluding tert-OH is 1. The Hall–Kier alpha value is -3.50. The molecule has 2 bridgehead atoms. The average molecular weight is 528 g/mol. The SMILES string of the molecule is NC(=O)c1nn(CC(=O)N2[C@@H]3CC[C@@H](C3)[C@H]2C(=O)NCc2cccc(Cl)c2F)c2ccc(CCO)cc12. The molecule has 2 fully saturated rings. The highest BCUT2D eigenvalue weighted by molar-refractivity contribution is 6.30. The maximum Gasteiger partial charge on any atom is 0.269 e. The molecule has 0 unspecified atom stereocenters. The Morgan fingerprint density at radius 3 is 2.78 bits per heavy atom. The summed E-state index contributed by atoms with van der Waals surface area (Å²) in [6, 6.07) is 9.16. The molecule has 1 saturated carbocycles. The van der Waals surface area contributed by atoms with Crippen LogP contribution >= 0.6 is 11.6 Å². The van der Waals surface area contributed by atoms with E-state index in [4.69, 9.17) is 17.3 Å². The number of nitrogens with zero attached hydrogens (tertiary/aromatic N) is 3. The quantitative estimate of drug-likeness (QED) is 0.413. The molecule has 11 heteroatoms. The van der Waals surface area contributed by atoms with Crippen LogP contribution in [0.2, 0.25) is 5.02 Å². The van der Waals surface area contributed by atoms with Gasteiger partial charge in [0.1, 0.15) is 18.4 Å². The molecule has 1 aliphatic heterocycles. The molecule has 0 spiro atoms. The van der Waals surface area contributed by atoms with Crippen LogP contribution < -0.4 is 11.1 Å². The first-order valence-corrected chi connectivity index (χ1v) is 12.6. The first-order chi connectivity index (χ1) is 17.8. The largest absolute Gasteiger partial charge is 0.396 e. The number of nitrogens with one attached hydrogen (secondary N) is 1. The smallest absolute Gasteiger partial charge is 0.269 e.